The summed E-state index contributed by atoms with van der Waals surface area (Å²) >= 11 is 1.68. The van der Waals surface area contributed by atoms with Gasteiger partial charge in [0.05, 0.1) is 6.04 Å². The number of nitrogens with zero attached hydrogens (tertiary/aromatic N) is 4. The Morgan fingerprint density at radius 3 is 2.89 bits per heavy atom. The molecule has 2 aliphatic rings. The number of aromatic nitrogens is 3. The van der Waals surface area contributed by atoms with Crippen LogP contribution in [0.4, 0.5) is 5.13 Å². The third kappa shape index (κ3) is 3.70. The molecule has 3 atom stereocenters. The summed E-state index contributed by atoms with van der Waals surface area (Å²) in [6.07, 6.45) is 1.98. The molecule has 2 aromatic heterocycles. The van der Waals surface area contributed by atoms with Crippen molar-refractivity contribution >= 4 is 22.4 Å². The van der Waals surface area contributed by atoms with E-state index in [4.69, 9.17) is 0 Å². The fraction of sp³-hybridized carbons (Fsp3) is 0.600. The molecule has 0 spiro atoms. The molecule has 7 nitrogen and oxygen atoms in total. The highest BCUT2D eigenvalue weighted by atomic mass is 32.1. The molecule has 1 fully saturated rings. The molecule has 0 aromatic carbocycles. The van der Waals surface area contributed by atoms with E-state index in [0.717, 1.165) is 41.8 Å². The molecular weight excluding hydrogens is 374 g/mol. The highest BCUT2D eigenvalue weighted by molar-refractivity contribution is 7.15. The van der Waals surface area contributed by atoms with Gasteiger partial charge in [-0.15, -0.1) is 10.2 Å². The lowest BCUT2D eigenvalue weighted by Crippen LogP contribution is -2.52. The summed E-state index contributed by atoms with van der Waals surface area (Å²) in [5.74, 6) is 1.07. The largest absolute Gasteiger partial charge is 0.354 e. The lowest BCUT2D eigenvalue weighted by molar-refractivity contribution is -0.119. The van der Waals surface area contributed by atoms with Gasteiger partial charge in [-0.1, -0.05) is 31.3 Å². The van der Waals surface area contributed by atoms with E-state index in [1.165, 1.54) is 6.92 Å². The van der Waals surface area contributed by atoms with Crippen molar-refractivity contribution in [3.05, 3.63) is 39.3 Å². The van der Waals surface area contributed by atoms with Crippen molar-refractivity contribution in [3.8, 4) is 0 Å². The van der Waals surface area contributed by atoms with E-state index in [1.54, 1.807) is 17.4 Å². The first-order chi connectivity index (χ1) is 13.4. The number of rotatable bonds is 5. The minimum atomic E-state index is -0.0669. The molecule has 0 aliphatic carbocycles. The molecule has 1 amide bonds. The molecule has 0 unspecified atom stereocenters. The van der Waals surface area contributed by atoms with Crippen LogP contribution in [0, 0.1) is 11.8 Å². The highest BCUT2D eigenvalue weighted by Gasteiger charge is 2.41. The van der Waals surface area contributed by atoms with Crippen LogP contribution in [0.2, 0.25) is 0 Å². The summed E-state index contributed by atoms with van der Waals surface area (Å²) in [7, 11) is 0. The first-order valence-electron chi connectivity index (χ1n) is 9.95. The molecule has 4 heterocycles. The molecule has 4 rings (SSSR count). The number of pyridine rings is 1. The molecule has 1 N–H and O–H groups in total. The number of piperidine rings is 1. The van der Waals surface area contributed by atoms with Gasteiger partial charge < -0.3 is 14.8 Å². The Morgan fingerprint density at radius 2 is 2.14 bits per heavy atom. The van der Waals surface area contributed by atoms with E-state index in [1.807, 2.05) is 10.6 Å². The third-order valence-electron chi connectivity index (χ3n) is 5.67. The van der Waals surface area contributed by atoms with Crippen LogP contribution in [0.25, 0.3) is 0 Å². The van der Waals surface area contributed by atoms with Gasteiger partial charge in [0, 0.05) is 50.7 Å². The predicted molar refractivity (Wildman–Crippen MR) is 110 cm³/mol. The minimum absolute atomic E-state index is 0.0196. The Kier molecular flexibility index (Phi) is 5.23. The standard InChI is InChI=1S/C20H27N5O2S/c1-12(2)7-18-22-23-20(28-18)24-10-14-8-15(11-24)17(9-21-13(3)26)25-16(14)5-4-6-19(25)27/h4-6,12,14-15,17H,7-11H2,1-3H3,(H,21,26)/t14-,15+,17+/m1/s1. The molecule has 2 bridgehead atoms. The van der Waals surface area contributed by atoms with Crippen LogP contribution in [0.3, 0.4) is 0 Å². The Bertz CT molecular complexity index is 921. The van der Waals surface area contributed by atoms with Gasteiger partial charge in [-0.25, -0.2) is 0 Å². The molecule has 1 saturated heterocycles. The van der Waals surface area contributed by atoms with E-state index in [0.29, 0.717) is 18.4 Å². The molecule has 28 heavy (non-hydrogen) atoms. The maximum Gasteiger partial charge on any atom is 0.251 e. The van der Waals surface area contributed by atoms with Crippen molar-refractivity contribution in [2.45, 2.75) is 45.6 Å². The van der Waals surface area contributed by atoms with Crippen molar-refractivity contribution < 1.29 is 4.79 Å². The number of hydrogen-bond acceptors (Lipinski definition) is 6. The van der Waals surface area contributed by atoms with Crippen LogP contribution in [0.15, 0.2) is 23.0 Å². The first kappa shape index (κ1) is 19.1. The summed E-state index contributed by atoms with van der Waals surface area (Å²) in [5.41, 5.74) is 1.09. The summed E-state index contributed by atoms with van der Waals surface area (Å²) in [6.45, 7) is 8.05. The van der Waals surface area contributed by atoms with Crippen molar-refractivity contribution in [1.29, 1.82) is 0 Å². The van der Waals surface area contributed by atoms with Crippen LogP contribution in [0.1, 0.15) is 49.9 Å². The SMILES string of the molecule is CC(=O)NC[C@H]1[C@H]2C[C@H](CN(c3nnc(CC(C)C)s3)C2)c2cccc(=O)n21. The zero-order chi connectivity index (χ0) is 19.8. The minimum Gasteiger partial charge on any atom is -0.354 e. The molecule has 150 valence electrons. The van der Waals surface area contributed by atoms with Crippen molar-refractivity contribution in [3.63, 3.8) is 0 Å². The fourth-order valence-corrected chi connectivity index (χ4v) is 5.58. The van der Waals surface area contributed by atoms with Gasteiger partial charge in [-0.3, -0.25) is 9.59 Å². The zero-order valence-corrected chi connectivity index (χ0v) is 17.4. The number of amides is 1. The van der Waals surface area contributed by atoms with E-state index >= 15 is 0 Å². The third-order valence-corrected chi connectivity index (χ3v) is 6.67. The Balaban J connectivity index is 1.64. The van der Waals surface area contributed by atoms with E-state index in [9.17, 15) is 9.59 Å². The Labute approximate surface area is 168 Å². The molecule has 0 saturated carbocycles. The van der Waals surface area contributed by atoms with Crippen LogP contribution in [0.5, 0.6) is 0 Å². The van der Waals surface area contributed by atoms with Crippen molar-refractivity contribution in [2.24, 2.45) is 11.8 Å². The second-order valence-electron chi connectivity index (χ2n) is 8.34. The topological polar surface area (TPSA) is 80.1 Å². The van der Waals surface area contributed by atoms with E-state index in [-0.39, 0.29) is 23.4 Å². The van der Waals surface area contributed by atoms with Crippen LogP contribution < -0.4 is 15.8 Å². The van der Waals surface area contributed by atoms with Gasteiger partial charge in [-0.05, 0) is 24.3 Å². The molecule has 0 radical (unpaired) electrons. The van der Waals surface area contributed by atoms with Gasteiger partial charge in [0.15, 0.2) is 0 Å². The number of nitrogens with one attached hydrogen (secondary N) is 1. The van der Waals surface area contributed by atoms with Crippen LogP contribution in [-0.2, 0) is 11.2 Å². The average molecular weight is 402 g/mol. The Hall–Kier alpha value is -2.22. The summed E-state index contributed by atoms with van der Waals surface area (Å²) in [5, 5.41) is 13.8. The summed E-state index contributed by atoms with van der Waals surface area (Å²) < 4.78 is 1.91. The van der Waals surface area contributed by atoms with Crippen LogP contribution >= 0.6 is 11.3 Å². The van der Waals surface area contributed by atoms with Crippen LogP contribution in [-0.4, -0.2) is 40.3 Å². The molecule has 2 aliphatic heterocycles. The van der Waals surface area contributed by atoms with Crippen molar-refractivity contribution in [1.82, 2.24) is 20.1 Å². The number of carbonyl (C=O) groups is 1. The second-order valence-corrected chi connectivity index (χ2v) is 9.38. The van der Waals surface area contributed by atoms with Crippen molar-refractivity contribution in [2.75, 3.05) is 24.5 Å². The monoisotopic (exact) mass is 401 g/mol. The first-order valence-corrected chi connectivity index (χ1v) is 10.8. The molecule has 8 heteroatoms. The number of hydrogen-bond donors (Lipinski definition) is 1. The van der Waals surface area contributed by atoms with Gasteiger partial charge in [0.25, 0.3) is 5.56 Å². The van der Waals surface area contributed by atoms with E-state index < -0.39 is 0 Å². The normalized spacial score (nSPS) is 23.6. The highest BCUT2D eigenvalue weighted by Crippen LogP contribution is 2.42. The second kappa shape index (κ2) is 7.66. The van der Waals surface area contributed by atoms with Gasteiger partial charge in [-0.2, -0.15) is 0 Å². The molecule has 2 aromatic rings. The quantitative estimate of drug-likeness (QED) is 0.831. The predicted octanol–water partition coefficient (Wildman–Crippen LogP) is 2.20. The number of fused-ring (bicyclic) bond motifs is 4. The maximum absolute atomic E-state index is 12.6. The summed E-state index contributed by atoms with van der Waals surface area (Å²) in [6, 6.07) is 5.48. The zero-order valence-electron chi connectivity index (χ0n) is 16.6. The maximum atomic E-state index is 12.6. The fourth-order valence-electron chi connectivity index (χ4n) is 4.51. The smallest absolute Gasteiger partial charge is 0.251 e. The lowest BCUT2D eigenvalue weighted by atomic mass is 9.78. The van der Waals surface area contributed by atoms with Gasteiger partial charge in [0.1, 0.15) is 5.01 Å². The van der Waals surface area contributed by atoms with Gasteiger partial charge in [0.2, 0.25) is 11.0 Å². The van der Waals surface area contributed by atoms with Gasteiger partial charge >= 0.3 is 0 Å². The molecular formula is C20H27N5O2S. The average Bonchev–Trinajstić information content (AvgIpc) is 3.09. The number of anilines is 1. The van der Waals surface area contributed by atoms with E-state index in [2.05, 4.69) is 40.3 Å². The Morgan fingerprint density at radius 1 is 1.32 bits per heavy atom. The lowest BCUT2D eigenvalue weighted by Gasteiger charge is -2.46. The summed E-state index contributed by atoms with van der Waals surface area (Å²) in [4.78, 5) is 26.5. The number of carbonyl (C=O) groups excluding carboxylic acids is 1.